The number of benzene rings is 1. The van der Waals surface area contributed by atoms with Crippen LogP contribution in [0.2, 0.25) is 0 Å². The highest BCUT2D eigenvalue weighted by atomic mass is 32.2. The monoisotopic (exact) mass is 405 g/mol. The van der Waals surface area contributed by atoms with E-state index in [1.807, 2.05) is 0 Å². The number of H-pyrrole nitrogens is 1. The molecule has 0 spiro atoms. The maximum Gasteiger partial charge on any atom is 0.346 e. The molecule has 2 N–H and O–H groups in total. The second kappa shape index (κ2) is 8.79. The molecule has 1 amide bonds. The largest absolute Gasteiger partial charge is 0.486 e. The van der Waals surface area contributed by atoms with Gasteiger partial charge in [0.05, 0.1) is 12.4 Å². The van der Waals surface area contributed by atoms with Gasteiger partial charge in [-0.2, -0.15) is 4.98 Å². The molecule has 28 heavy (non-hydrogen) atoms. The Hall–Kier alpha value is -3.01. The van der Waals surface area contributed by atoms with Crippen LogP contribution in [0.3, 0.4) is 0 Å². The molecule has 0 saturated carbocycles. The van der Waals surface area contributed by atoms with Crippen LogP contribution in [0, 0.1) is 6.92 Å². The lowest BCUT2D eigenvalue weighted by molar-refractivity contribution is -0.113. The van der Waals surface area contributed by atoms with Crippen LogP contribution in [0.4, 0.5) is 5.69 Å². The van der Waals surface area contributed by atoms with E-state index in [0.717, 1.165) is 11.8 Å². The number of carbonyl (C=O) groups excluding carboxylic acids is 2. The number of amides is 1. The Kier molecular flexibility index (Phi) is 6.19. The molecule has 148 valence electrons. The van der Waals surface area contributed by atoms with Crippen LogP contribution >= 0.6 is 11.8 Å². The Morgan fingerprint density at radius 1 is 1.29 bits per heavy atom. The van der Waals surface area contributed by atoms with Crippen LogP contribution in [0.1, 0.15) is 23.0 Å². The zero-order chi connectivity index (χ0) is 20.1. The minimum absolute atomic E-state index is 0.0449. The summed E-state index contributed by atoms with van der Waals surface area (Å²) >= 11 is 0.986. The molecule has 9 nitrogen and oxygen atoms in total. The average molecular weight is 405 g/mol. The van der Waals surface area contributed by atoms with E-state index < -0.39 is 11.7 Å². The van der Waals surface area contributed by atoms with Crippen molar-refractivity contribution in [3.8, 4) is 11.5 Å². The fourth-order valence-electron chi connectivity index (χ4n) is 2.56. The third-order valence-electron chi connectivity index (χ3n) is 3.73. The Morgan fingerprint density at radius 3 is 2.79 bits per heavy atom. The summed E-state index contributed by atoms with van der Waals surface area (Å²) in [6.45, 7) is 4.38. The minimum atomic E-state index is -0.599. The molecule has 1 aromatic heterocycles. The number of hydrogen-bond acceptors (Lipinski definition) is 8. The van der Waals surface area contributed by atoms with E-state index in [1.54, 1.807) is 32.0 Å². The Balaban J connectivity index is 1.69. The molecule has 1 aromatic carbocycles. The lowest BCUT2D eigenvalue weighted by Crippen LogP contribution is -2.21. The van der Waals surface area contributed by atoms with Crippen molar-refractivity contribution in [1.29, 1.82) is 0 Å². The predicted octanol–water partition coefficient (Wildman–Crippen LogP) is 1.76. The lowest BCUT2D eigenvalue weighted by Gasteiger charge is -2.19. The number of aromatic nitrogens is 2. The number of hydrogen-bond donors (Lipinski definition) is 2. The minimum Gasteiger partial charge on any atom is -0.486 e. The predicted molar refractivity (Wildman–Crippen MR) is 102 cm³/mol. The summed E-state index contributed by atoms with van der Waals surface area (Å²) in [7, 11) is 0. The van der Waals surface area contributed by atoms with E-state index in [2.05, 4.69) is 15.3 Å². The molecule has 2 aromatic rings. The molecule has 1 aliphatic heterocycles. The molecule has 0 bridgehead atoms. The van der Waals surface area contributed by atoms with E-state index >= 15 is 0 Å². The topological polar surface area (TPSA) is 120 Å². The van der Waals surface area contributed by atoms with Gasteiger partial charge >= 0.3 is 11.7 Å². The fraction of sp³-hybridized carbons (Fsp3) is 0.333. The van der Waals surface area contributed by atoms with Gasteiger partial charge in [-0.15, -0.1) is 0 Å². The van der Waals surface area contributed by atoms with Crippen LogP contribution in [0.5, 0.6) is 11.5 Å². The van der Waals surface area contributed by atoms with E-state index in [9.17, 15) is 14.4 Å². The molecule has 0 saturated heterocycles. The number of thioether (sulfide) groups is 1. The van der Waals surface area contributed by atoms with Gasteiger partial charge in [-0.3, -0.25) is 4.79 Å². The molecule has 0 radical (unpaired) electrons. The number of ether oxygens (including phenoxy) is 3. The zero-order valence-electron chi connectivity index (χ0n) is 15.4. The van der Waals surface area contributed by atoms with E-state index in [-0.39, 0.29) is 28.9 Å². The Morgan fingerprint density at radius 2 is 2.04 bits per heavy atom. The zero-order valence-corrected chi connectivity index (χ0v) is 16.2. The third kappa shape index (κ3) is 4.63. The first-order chi connectivity index (χ1) is 13.5. The first kappa shape index (κ1) is 19.7. The molecule has 0 unspecified atom stereocenters. The van der Waals surface area contributed by atoms with Crippen molar-refractivity contribution in [2.75, 3.05) is 30.9 Å². The van der Waals surface area contributed by atoms with Crippen molar-refractivity contribution in [2.45, 2.75) is 18.9 Å². The highest BCUT2D eigenvalue weighted by molar-refractivity contribution is 8.00. The molecule has 10 heteroatoms. The maximum absolute atomic E-state index is 12.3. The molecule has 2 heterocycles. The van der Waals surface area contributed by atoms with Gasteiger partial charge in [-0.25, -0.2) is 9.59 Å². The highest BCUT2D eigenvalue weighted by Gasteiger charge is 2.20. The SMILES string of the molecule is CCOC(=O)c1c(SCC(=O)Nc2ccc3c(c2)OCCO3)nc(=O)[nH]c1C. The number of fused-ring (bicyclic) bond motifs is 1. The summed E-state index contributed by atoms with van der Waals surface area (Å²) in [5.74, 6) is 0.222. The van der Waals surface area contributed by atoms with E-state index in [1.165, 1.54) is 0 Å². The van der Waals surface area contributed by atoms with Gasteiger partial charge in [0.2, 0.25) is 5.91 Å². The number of esters is 1. The van der Waals surface area contributed by atoms with Gasteiger partial charge in [-0.1, -0.05) is 11.8 Å². The summed E-state index contributed by atoms with van der Waals surface area (Å²) in [5.41, 5.74) is 0.447. The second-order valence-corrected chi connectivity index (χ2v) is 6.73. The highest BCUT2D eigenvalue weighted by Crippen LogP contribution is 2.32. The number of aromatic amines is 1. The Labute approximate surface area is 164 Å². The van der Waals surface area contributed by atoms with Crippen LogP contribution < -0.4 is 20.5 Å². The first-order valence-electron chi connectivity index (χ1n) is 8.58. The summed E-state index contributed by atoms with van der Waals surface area (Å²) < 4.78 is 15.9. The molecular weight excluding hydrogens is 386 g/mol. The smallest absolute Gasteiger partial charge is 0.346 e. The van der Waals surface area contributed by atoms with Gasteiger partial charge in [0.15, 0.2) is 11.5 Å². The molecule has 1 aliphatic rings. The second-order valence-electron chi connectivity index (χ2n) is 5.76. The summed E-state index contributed by atoms with van der Waals surface area (Å²) in [5, 5.41) is 2.89. The summed E-state index contributed by atoms with van der Waals surface area (Å²) in [6.07, 6.45) is 0. The van der Waals surface area contributed by atoms with Crippen LogP contribution in [0.15, 0.2) is 28.0 Å². The van der Waals surface area contributed by atoms with Crippen molar-refractivity contribution in [3.05, 3.63) is 39.9 Å². The lowest BCUT2D eigenvalue weighted by atomic mass is 10.2. The van der Waals surface area contributed by atoms with Gasteiger partial charge in [0, 0.05) is 17.4 Å². The molecule has 3 rings (SSSR count). The first-order valence-corrected chi connectivity index (χ1v) is 9.57. The summed E-state index contributed by atoms with van der Waals surface area (Å²) in [6, 6.07) is 5.10. The van der Waals surface area contributed by atoms with E-state index in [4.69, 9.17) is 14.2 Å². The van der Waals surface area contributed by atoms with Crippen LogP contribution in [-0.2, 0) is 9.53 Å². The van der Waals surface area contributed by atoms with Crippen molar-refractivity contribution >= 4 is 29.3 Å². The molecular formula is C18H19N3O6S. The van der Waals surface area contributed by atoms with Crippen molar-refractivity contribution in [3.63, 3.8) is 0 Å². The number of rotatable bonds is 6. The normalized spacial score (nSPS) is 12.4. The standard InChI is InChI=1S/C18H19N3O6S/c1-3-25-17(23)15-10(2)19-18(24)21-16(15)28-9-14(22)20-11-4-5-12-13(8-11)27-7-6-26-12/h4-5,8H,3,6-7,9H2,1-2H3,(H,20,22)(H,19,21,24). The van der Waals surface area contributed by atoms with Crippen LogP contribution in [-0.4, -0.2) is 47.4 Å². The number of aryl methyl sites for hydroxylation is 1. The van der Waals surface area contributed by atoms with Crippen molar-refractivity contribution in [2.24, 2.45) is 0 Å². The Bertz CT molecular complexity index is 959. The van der Waals surface area contributed by atoms with Crippen molar-refractivity contribution in [1.82, 2.24) is 9.97 Å². The van der Waals surface area contributed by atoms with Crippen LogP contribution in [0.25, 0.3) is 0 Å². The van der Waals surface area contributed by atoms with Gasteiger partial charge in [-0.05, 0) is 26.0 Å². The molecule has 0 fully saturated rings. The molecule has 0 aliphatic carbocycles. The number of carbonyl (C=O) groups is 2. The number of nitrogens with zero attached hydrogens (tertiary/aromatic N) is 1. The van der Waals surface area contributed by atoms with Gasteiger partial charge in [0.1, 0.15) is 23.8 Å². The van der Waals surface area contributed by atoms with Crippen molar-refractivity contribution < 1.29 is 23.8 Å². The fourth-order valence-corrected chi connectivity index (χ4v) is 3.43. The van der Waals surface area contributed by atoms with Gasteiger partial charge in [0.25, 0.3) is 0 Å². The quantitative estimate of drug-likeness (QED) is 0.424. The summed E-state index contributed by atoms with van der Waals surface area (Å²) in [4.78, 5) is 42.4. The maximum atomic E-state index is 12.3. The van der Waals surface area contributed by atoms with E-state index in [0.29, 0.717) is 36.1 Å². The average Bonchev–Trinajstić information content (AvgIpc) is 2.66. The number of nitrogens with one attached hydrogen (secondary N) is 2. The number of anilines is 1. The molecule has 0 atom stereocenters. The third-order valence-corrected chi connectivity index (χ3v) is 4.71. The van der Waals surface area contributed by atoms with Gasteiger partial charge < -0.3 is 24.5 Å².